The van der Waals surface area contributed by atoms with E-state index in [0.717, 1.165) is 49.9 Å². The van der Waals surface area contributed by atoms with Gasteiger partial charge in [-0.15, -0.1) is 0 Å². The van der Waals surface area contributed by atoms with Crippen LogP contribution in [0, 0.1) is 35.0 Å². The number of fused-ring (bicyclic) bond motifs is 5. The predicted molar refractivity (Wildman–Crippen MR) is 93.9 cm³/mol. The molecule has 0 bridgehead atoms. The van der Waals surface area contributed by atoms with Gasteiger partial charge in [0.15, 0.2) is 0 Å². The molecular weight excluding hydrogens is 288 g/mol. The minimum absolute atomic E-state index is 0.0327. The van der Waals surface area contributed by atoms with Gasteiger partial charge in [0.05, 0.1) is 0 Å². The summed E-state index contributed by atoms with van der Waals surface area (Å²) in [5.74, 6) is 4.24. The SMILES string of the molecule is C=C1C[C@]2(CC)C(=O)CCC2C2CCC3CC(=S)CC[C@@H]3C12. The fourth-order valence-electron chi connectivity index (χ4n) is 6.84. The van der Waals surface area contributed by atoms with Gasteiger partial charge in [-0.25, -0.2) is 0 Å². The van der Waals surface area contributed by atoms with E-state index in [0.29, 0.717) is 17.6 Å². The predicted octanol–water partition coefficient (Wildman–Crippen LogP) is 5.13. The minimum Gasteiger partial charge on any atom is -0.299 e. The van der Waals surface area contributed by atoms with Crippen molar-refractivity contribution in [1.82, 2.24) is 0 Å². The molecule has 120 valence electrons. The summed E-state index contributed by atoms with van der Waals surface area (Å²) in [6.07, 6.45) is 10.2. The van der Waals surface area contributed by atoms with Gasteiger partial charge in [0.25, 0.3) is 0 Å². The average Bonchev–Trinajstić information content (AvgIpc) is 2.84. The molecule has 4 unspecified atom stereocenters. The van der Waals surface area contributed by atoms with Gasteiger partial charge in [-0.1, -0.05) is 31.3 Å². The molecule has 0 amide bonds. The van der Waals surface area contributed by atoms with Crippen molar-refractivity contribution in [3.63, 3.8) is 0 Å². The van der Waals surface area contributed by atoms with Crippen molar-refractivity contribution in [3.8, 4) is 0 Å². The Morgan fingerprint density at radius 2 is 2.00 bits per heavy atom. The lowest BCUT2D eigenvalue weighted by Crippen LogP contribution is -2.50. The molecule has 4 aliphatic rings. The third kappa shape index (κ3) is 1.95. The van der Waals surface area contributed by atoms with Gasteiger partial charge in [-0.05, 0) is 85.8 Å². The van der Waals surface area contributed by atoms with Gasteiger partial charge in [0.2, 0.25) is 0 Å². The second-order valence-corrected chi connectivity index (χ2v) is 8.96. The minimum atomic E-state index is -0.0327. The first-order valence-electron chi connectivity index (χ1n) is 9.29. The molecule has 0 saturated heterocycles. The van der Waals surface area contributed by atoms with Crippen LogP contribution < -0.4 is 0 Å². The molecular formula is C20H28OS. The molecule has 0 radical (unpaired) electrons. The lowest BCUT2D eigenvalue weighted by atomic mass is 9.48. The number of carbonyl (C=O) groups is 1. The molecule has 0 aromatic carbocycles. The summed E-state index contributed by atoms with van der Waals surface area (Å²) >= 11 is 5.51. The maximum atomic E-state index is 12.6. The van der Waals surface area contributed by atoms with Crippen LogP contribution in [0.5, 0.6) is 0 Å². The number of hydrogen-bond acceptors (Lipinski definition) is 2. The van der Waals surface area contributed by atoms with Crippen molar-refractivity contribution in [3.05, 3.63) is 12.2 Å². The summed E-state index contributed by atoms with van der Waals surface area (Å²) in [7, 11) is 0. The Balaban J connectivity index is 1.67. The molecule has 0 aromatic heterocycles. The highest BCUT2D eigenvalue weighted by Crippen LogP contribution is 2.63. The standard InChI is InChI=1S/C20H28OS/c1-3-20-11-12(2)19-15-7-5-14(22)10-13(15)4-6-16(19)17(20)8-9-18(20)21/h13,15-17,19H,2-11H2,1H3/t13?,15-,16?,17?,19?,20-/m0/s1. The van der Waals surface area contributed by atoms with E-state index in [4.69, 9.17) is 12.2 Å². The maximum Gasteiger partial charge on any atom is 0.139 e. The number of ketones is 1. The van der Waals surface area contributed by atoms with Crippen molar-refractivity contribution in [2.75, 3.05) is 0 Å². The zero-order valence-corrected chi connectivity index (χ0v) is 14.6. The van der Waals surface area contributed by atoms with Crippen molar-refractivity contribution < 1.29 is 4.79 Å². The molecule has 4 aliphatic carbocycles. The van der Waals surface area contributed by atoms with Gasteiger partial charge in [-0.2, -0.15) is 0 Å². The normalized spacial score (nSPS) is 47.9. The van der Waals surface area contributed by atoms with Crippen LogP contribution in [0.4, 0.5) is 0 Å². The first kappa shape index (κ1) is 15.1. The summed E-state index contributed by atoms with van der Waals surface area (Å²) in [6, 6.07) is 0. The van der Waals surface area contributed by atoms with E-state index in [-0.39, 0.29) is 5.41 Å². The zero-order valence-electron chi connectivity index (χ0n) is 13.8. The maximum absolute atomic E-state index is 12.6. The number of Topliss-reactive ketones (excluding diaryl/α,β-unsaturated/α-hetero) is 1. The van der Waals surface area contributed by atoms with Crippen molar-refractivity contribution >= 4 is 22.9 Å². The number of allylic oxidation sites excluding steroid dienone is 1. The largest absolute Gasteiger partial charge is 0.299 e. The molecule has 0 N–H and O–H groups in total. The quantitative estimate of drug-likeness (QED) is 0.492. The Kier molecular flexibility index (Phi) is 3.60. The van der Waals surface area contributed by atoms with E-state index in [1.165, 1.54) is 36.1 Å². The summed E-state index contributed by atoms with van der Waals surface area (Å²) < 4.78 is 0. The first-order chi connectivity index (χ1) is 10.6. The van der Waals surface area contributed by atoms with Crippen LogP contribution in [0.25, 0.3) is 0 Å². The number of hydrogen-bond donors (Lipinski definition) is 0. The van der Waals surface area contributed by atoms with Crippen LogP contribution in [-0.2, 0) is 4.79 Å². The smallest absolute Gasteiger partial charge is 0.139 e. The molecule has 0 heterocycles. The molecule has 4 saturated carbocycles. The zero-order chi connectivity index (χ0) is 15.5. The Bertz CT molecular complexity index is 536. The first-order valence-corrected chi connectivity index (χ1v) is 9.70. The number of thiocarbonyl (C=S) groups is 1. The summed E-state index contributed by atoms with van der Waals surface area (Å²) in [5, 5.41) is 0. The van der Waals surface area contributed by atoms with Crippen LogP contribution in [0.3, 0.4) is 0 Å². The topological polar surface area (TPSA) is 17.1 Å². The fraction of sp³-hybridized carbons (Fsp3) is 0.800. The van der Waals surface area contributed by atoms with E-state index in [2.05, 4.69) is 13.5 Å². The van der Waals surface area contributed by atoms with E-state index < -0.39 is 0 Å². The van der Waals surface area contributed by atoms with Crippen LogP contribution in [-0.4, -0.2) is 10.6 Å². The lowest BCUT2D eigenvalue weighted by Gasteiger charge is -2.55. The fourth-order valence-corrected chi connectivity index (χ4v) is 7.17. The molecule has 0 spiro atoms. The van der Waals surface area contributed by atoms with E-state index in [1.807, 2.05) is 0 Å². The van der Waals surface area contributed by atoms with Gasteiger partial charge >= 0.3 is 0 Å². The highest BCUT2D eigenvalue weighted by molar-refractivity contribution is 7.80. The summed E-state index contributed by atoms with van der Waals surface area (Å²) in [5.41, 5.74) is 1.38. The van der Waals surface area contributed by atoms with Crippen LogP contribution >= 0.6 is 12.2 Å². The highest BCUT2D eigenvalue weighted by atomic mass is 32.1. The average molecular weight is 317 g/mol. The lowest BCUT2D eigenvalue weighted by molar-refractivity contribution is -0.131. The number of rotatable bonds is 1. The molecule has 2 heteroatoms. The van der Waals surface area contributed by atoms with Gasteiger partial charge < -0.3 is 0 Å². The molecule has 4 rings (SSSR count). The Morgan fingerprint density at radius 1 is 1.18 bits per heavy atom. The van der Waals surface area contributed by atoms with E-state index >= 15 is 0 Å². The van der Waals surface area contributed by atoms with Gasteiger partial charge in [-0.3, -0.25) is 4.79 Å². The van der Waals surface area contributed by atoms with Crippen molar-refractivity contribution in [2.45, 2.75) is 64.7 Å². The Morgan fingerprint density at radius 3 is 2.77 bits per heavy atom. The third-order valence-electron chi connectivity index (χ3n) is 7.75. The molecule has 22 heavy (non-hydrogen) atoms. The second kappa shape index (κ2) is 5.26. The summed E-state index contributed by atoms with van der Waals surface area (Å²) in [4.78, 5) is 14.0. The second-order valence-electron chi connectivity index (χ2n) is 8.39. The van der Waals surface area contributed by atoms with Gasteiger partial charge in [0.1, 0.15) is 5.78 Å². The van der Waals surface area contributed by atoms with Crippen LogP contribution in [0.15, 0.2) is 12.2 Å². The molecule has 0 aliphatic heterocycles. The molecule has 0 aromatic rings. The molecule has 1 nitrogen and oxygen atoms in total. The Labute approximate surface area is 139 Å². The van der Waals surface area contributed by atoms with Crippen molar-refractivity contribution in [1.29, 1.82) is 0 Å². The van der Waals surface area contributed by atoms with Crippen LogP contribution in [0.1, 0.15) is 64.7 Å². The highest BCUT2D eigenvalue weighted by Gasteiger charge is 2.59. The monoisotopic (exact) mass is 316 g/mol. The molecule has 6 atom stereocenters. The third-order valence-corrected chi connectivity index (χ3v) is 8.13. The Hall–Kier alpha value is -0.500. The van der Waals surface area contributed by atoms with Gasteiger partial charge in [0, 0.05) is 11.8 Å². The van der Waals surface area contributed by atoms with E-state index in [1.54, 1.807) is 0 Å². The number of carbonyl (C=O) groups excluding carboxylic acids is 1. The van der Waals surface area contributed by atoms with E-state index in [9.17, 15) is 4.79 Å². The summed E-state index contributed by atoms with van der Waals surface area (Å²) in [6.45, 7) is 6.74. The van der Waals surface area contributed by atoms with Crippen LogP contribution in [0.2, 0.25) is 0 Å². The molecule has 4 fully saturated rings. The van der Waals surface area contributed by atoms with Crippen molar-refractivity contribution in [2.24, 2.45) is 35.0 Å².